The molecule has 2 atom stereocenters. The number of aryl methyl sites for hydroxylation is 1. The van der Waals surface area contributed by atoms with Gasteiger partial charge < -0.3 is 14.6 Å². The minimum Gasteiger partial charge on any atom is -0.372 e. The highest BCUT2D eigenvalue weighted by Crippen LogP contribution is 2.41. The minimum atomic E-state index is -0.00106. The molecular weight excluding hydrogens is 294 g/mol. The molecule has 128 valence electrons. The molecule has 1 N–H and O–H groups in total. The van der Waals surface area contributed by atoms with Crippen molar-refractivity contribution < 1.29 is 9.53 Å². The SMILES string of the molecule is CCOCC(=O)N[C@H]1CN(Cc2nnc(C)n2C)C[C@@H]1C1CC1. The fraction of sp³-hybridized carbons (Fsp3) is 0.812. The van der Waals surface area contributed by atoms with Gasteiger partial charge in [0, 0.05) is 32.8 Å². The van der Waals surface area contributed by atoms with E-state index in [4.69, 9.17) is 4.74 Å². The van der Waals surface area contributed by atoms with Crippen LogP contribution < -0.4 is 5.32 Å². The summed E-state index contributed by atoms with van der Waals surface area (Å²) in [7, 11) is 2.00. The zero-order chi connectivity index (χ0) is 16.4. The molecule has 0 spiro atoms. The maximum Gasteiger partial charge on any atom is 0.246 e. The molecule has 1 aromatic rings. The van der Waals surface area contributed by atoms with Crippen LogP contribution in [0.25, 0.3) is 0 Å². The lowest BCUT2D eigenvalue weighted by molar-refractivity contribution is -0.126. The normalized spacial score (nSPS) is 25.0. The number of ether oxygens (including phenoxy) is 1. The molecule has 2 aliphatic rings. The van der Waals surface area contributed by atoms with Crippen LogP contribution in [0.1, 0.15) is 31.4 Å². The standard InChI is InChI=1S/C16H27N5O2/c1-4-23-10-16(22)17-14-8-21(7-13(14)12-5-6-12)9-15-19-18-11(2)20(15)3/h12-14H,4-10H2,1-3H3,(H,17,22)/t13-,14+/m1/s1. The van der Waals surface area contributed by atoms with Crippen molar-refractivity contribution >= 4 is 5.91 Å². The van der Waals surface area contributed by atoms with Crippen molar-refractivity contribution in [1.82, 2.24) is 25.0 Å². The highest BCUT2D eigenvalue weighted by atomic mass is 16.5. The summed E-state index contributed by atoms with van der Waals surface area (Å²) in [5.41, 5.74) is 0. The zero-order valence-corrected chi connectivity index (χ0v) is 14.3. The number of nitrogens with one attached hydrogen (secondary N) is 1. The fourth-order valence-electron chi connectivity index (χ4n) is 3.43. The molecule has 2 heterocycles. The van der Waals surface area contributed by atoms with Crippen molar-refractivity contribution in [2.24, 2.45) is 18.9 Å². The second-order valence-corrected chi connectivity index (χ2v) is 6.73. The number of carbonyl (C=O) groups is 1. The summed E-state index contributed by atoms with van der Waals surface area (Å²) < 4.78 is 7.25. The third-order valence-electron chi connectivity index (χ3n) is 5.00. The van der Waals surface area contributed by atoms with Crippen LogP contribution in [0, 0.1) is 18.8 Å². The molecule has 1 saturated carbocycles. The Morgan fingerprint density at radius 1 is 1.35 bits per heavy atom. The maximum absolute atomic E-state index is 12.0. The van der Waals surface area contributed by atoms with E-state index in [0.29, 0.717) is 12.5 Å². The fourth-order valence-corrected chi connectivity index (χ4v) is 3.43. The number of likely N-dealkylation sites (tertiary alicyclic amines) is 1. The molecule has 1 saturated heterocycles. The molecule has 1 amide bonds. The summed E-state index contributed by atoms with van der Waals surface area (Å²) in [6.45, 7) is 7.29. The van der Waals surface area contributed by atoms with Gasteiger partial charge in [-0.25, -0.2) is 0 Å². The van der Waals surface area contributed by atoms with Crippen LogP contribution in [0.4, 0.5) is 0 Å². The highest BCUT2D eigenvalue weighted by molar-refractivity contribution is 5.77. The number of aromatic nitrogens is 3. The predicted octanol–water partition coefficient (Wildman–Crippen LogP) is 0.487. The Morgan fingerprint density at radius 2 is 2.13 bits per heavy atom. The summed E-state index contributed by atoms with van der Waals surface area (Å²) in [5.74, 6) is 3.23. The van der Waals surface area contributed by atoms with Crippen LogP contribution in [-0.4, -0.2) is 57.9 Å². The number of rotatable bonds is 7. The largest absolute Gasteiger partial charge is 0.372 e. The third-order valence-corrected chi connectivity index (χ3v) is 5.00. The van der Waals surface area contributed by atoms with E-state index >= 15 is 0 Å². The van der Waals surface area contributed by atoms with Crippen molar-refractivity contribution in [2.45, 2.75) is 39.3 Å². The van der Waals surface area contributed by atoms with Crippen molar-refractivity contribution in [3.8, 4) is 0 Å². The van der Waals surface area contributed by atoms with Gasteiger partial charge in [0.05, 0.1) is 6.54 Å². The van der Waals surface area contributed by atoms with Gasteiger partial charge in [0.25, 0.3) is 0 Å². The number of hydrogen-bond donors (Lipinski definition) is 1. The van der Waals surface area contributed by atoms with Crippen LogP contribution in [-0.2, 0) is 23.1 Å². The van der Waals surface area contributed by atoms with E-state index in [1.54, 1.807) is 0 Å². The van der Waals surface area contributed by atoms with Crippen LogP contribution in [0.5, 0.6) is 0 Å². The second kappa shape index (κ2) is 6.97. The van der Waals surface area contributed by atoms with Gasteiger partial charge in [-0.05, 0) is 38.5 Å². The molecule has 2 fully saturated rings. The van der Waals surface area contributed by atoms with E-state index in [-0.39, 0.29) is 18.6 Å². The summed E-state index contributed by atoms with van der Waals surface area (Å²) >= 11 is 0. The maximum atomic E-state index is 12.0. The van der Waals surface area contributed by atoms with Crippen LogP contribution in [0.3, 0.4) is 0 Å². The van der Waals surface area contributed by atoms with Crippen molar-refractivity contribution in [1.29, 1.82) is 0 Å². The van der Waals surface area contributed by atoms with Gasteiger partial charge in [0.1, 0.15) is 18.3 Å². The molecule has 0 bridgehead atoms. The van der Waals surface area contributed by atoms with Gasteiger partial charge in [-0.2, -0.15) is 0 Å². The van der Waals surface area contributed by atoms with Crippen molar-refractivity contribution in [3.05, 3.63) is 11.6 Å². The summed E-state index contributed by atoms with van der Waals surface area (Å²) in [5, 5.41) is 11.6. The Labute approximate surface area is 137 Å². The van der Waals surface area contributed by atoms with Gasteiger partial charge in [0.2, 0.25) is 5.91 Å². The first-order valence-corrected chi connectivity index (χ1v) is 8.52. The molecule has 3 rings (SSSR count). The van der Waals surface area contributed by atoms with E-state index in [0.717, 1.165) is 37.2 Å². The predicted molar refractivity (Wildman–Crippen MR) is 85.7 cm³/mol. The zero-order valence-electron chi connectivity index (χ0n) is 14.3. The molecule has 7 heteroatoms. The van der Waals surface area contributed by atoms with Gasteiger partial charge >= 0.3 is 0 Å². The first kappa shape index (κ1) is 16.4. The summed E-state index contributed by atoms with van der Waals surface area (Å²) in [6, 6.07) is 0.227. The third kappa shape index (κ3) is 3.90. The Bertz CT molecular complexity index is 555. The van der Waals surface area contributed by atoms with Gasteiger partial charge in [-0.1, -0.05) is 0 Å². The summed E-state index contributed by atoms with van der Waals surface area (Å²) in [4.78, 5) is 14.4. The Morgan fingerprint density at radius 3 is 2.74 bits per heavy atom. The molecule has 1 aliphatic carbocycles. The molecule has 1 aliphatic heterocycles. The van der Waals surface area contributed by atoms with Crippen molar-refractivity contribution in [3.63, 3.8) is 0 Å². The van der Waals surface area contributed by atoms with E-state index in [9.17, 15) is 4.79 Å². The Hall–Kier alpha value is -1.47. The molecule has 0 aromatic carbocycles. The van der Waals surface area contributed by atoms with Gasteiger partial charge in [-0.3, -0.25) is 9.69 Å². The van der Waals surface area contributed by atoms with Gasteiger partial charge in [0.15, 0.2) is 0 Å². The molecule has 1 aromatic heterocycles. The topological polar surface area (TPSA) is 72.3 Å². The number of nitrogens with zero attached hydrogens (tertiary/aromatic N) is 4. The van der Waals surface area contributed by atoms with Crippen LogP contribution in [0.2, 0.25) is 0 Å². The molecule has 23 heavy (non-hydrogen) atoms. The first-order valence-electron chi connectivity index (χ1n) is 8.52. The van der Waals surface area contributed by atoms with E-state index < -0.39 is 0 Å². The smallest absolute Gasteiger partial charge is 0.246 e. The second-order valence-electron chi connectivity index (χ2n) is 6.73. The monoisotopic (exact) mass is 321 g/mol. The van der Waals surface area contributed by atoms with Crippen molar-refractivity contribution in [2.75, 3.05) is 26.3 Å². The number of hydrogen-bond acceptors (Lipinski definition) is 5. The molecular formula is C16H27N5O2. The Balaban J connectivity index is 1.59. The van der Waals surface area contributed by atoms with Gasteiger partial charge in [-0.15, -0.1) is 10.2 Å². The number of carbonyl (C=O) groups excluding carboxylic acids is 1. The molecule has 7 nitrogen and oxygen atoms in total. The average Bonchev–Trinajstić information content (AvgIpc) is 3.24. The summed E-state index contributed by atoms with van der Waals surface area (Å²) in [6.07, 6.45) is 2.58. The van der Waals surface area contributed by atoms with E-state index in [1.165, 1.54) is 12.8 Å². The first-order chi connectivity index (χ1) is 11.1. The number of amides is 1. The highest BCUT2D eigenvalue weighted by Gasteiger charge is 2.43. The minimum absolute atomic E-state index is 0.00106. The average molecular weight is 321 g/mol. The quantitative estimate of drug-likeness (QED) is 0.791. The Kier molecular flexibility index (Phi) is 4.96. The lowest BCUT2D eigenvalue weighted by Gasteiger charge is -2.19. The molecule has 0 radical (unpaired) electrons. The molecule has 0 unspecified atom stereocenters. The van der Waals surface area contributed by atoms with E-state index in [1.807, 2.05) is 25.5 Å². The van der Waals surface area contributed by atoms with Crippen LogP contribution >= 0.6 is 0 Å². The lowest BCUT2D eigenvalue weighted by Crippen LogP contribution is -2.42. The van der Waals surface area contributed by atoms with Crippen LogP contribution in [0.15, 0.2) is 0 Å². The lowest BCUT2D eigenvalue weighted by atomic mass is 9.98. The van der Waals surface area contributed by atoms with E-state index in [2.05, 4.69) is 20.4 Å².